The number of carbonyl (C=O) groups is 3. The Hall–Kier alpha value is -3.10. The lowest BCUT2D eigenvalue weighted by atomic mass is 9.93. The van der Waals surface area contributed by atoms with E-state index in [1.165, 1.54) is 6.42 Å². The number of hydrogen-bond acceptors (Lipinski definition) is 7. The average molecular weight is 471 g/mol. The Kier molecular flexibility index (Phi) is 7.70. The molecular formula is C25H34N4O5. The number of fused-ring (bicyclic) bond motifs is 2. The fourth-order valence-corrected chi connectivity index (χ4v) is 4.86. The first-order valence-electron chi connectivity index (χ1n) is 12.3. The SMILES string of the molecule is CCC(=O)OC(C)N(C(=O)CCCOc1ccc2c(c1)CN1CC(=O)NC1=N2)C1CCCCC1. The number of esters is 1. The Labute approximate surface area is 200 Å². The van der Waals surface area contributed by atoms with Crippen molar-refractivity contribution in [3.05, 3.63) is 23.8 Å². The van der Waals surface area contributed by atoms with Gasteiger partial charge in [-0.25, -0.2) is 4.99 Å². The molecule has 184 valence electrons. The Bertz CT molecular complexity index is 957. The van der Waals surface area contributed by atoms with Crippen LogP contribution in [0.15, 0.2) is 23.2 Å². The number of guanidine groups is 1. The highest BCUT2D eigenvalue weighted by Crippen LogP contribution is 2.30. The maximum Gasteiger partial charge on any atom is 0.307 e. The predicted octanol–water partition coefficient (Wildman–Crippen LogP) is 3.24. The third-order valence-corrected chi connectivity index (χ3v) is 6.57. The van der Waals surface area contributed by atoms with Crippen LogP contribution in [0.3, 0.4) is 0 Å². The van der Waals surface area contributed by atoms with E-state index in [2.05, 4.69) is 10.3 Å². The third kappa shape index (κ3) is 5.69. The lowest BCUT2D eigenvalue weighted by Gasteiger charge is -2.38. The van der Waals surface area contributed by atoms with Crippen LogP contribution in [0.5, 0.6) is 5.75 Å². The second kappa shape index (κ2) is 10.9. The smallest absolute Gasteiger partial charge is 0.307 e. The van der Waals surface area contributed by atoms with Gasteiger partial charge in [0.2, 0.25) is 17.8 Å². The van der Waals surface area contributed by atoms with Crippen LogP contribution in [0.25, 0.3) is 0 Å². The summed E-state index contributed by atoms with van der Waals surface area (Å²) < 4.78 is 11.4. The van der Waals surface area contributed by atoms with E-state index in [9.17, 15) is 14.4 Å². The summed E-state index contributed by atoms with van der Waals surface area (Å²) in [6.45, 7) is 4.88. The summed E-state index contributed by atoms with van der Waals surface area (Å²) >= 11 is 0. The van der Waals surface area contributed by atoms with E-state index in [4.69, 9.17) is 9.47 Å². The molecule has 1 saturated heterocycles. The van der Waals surface area contributed by atoms with E-state index in [-0.39, 0.29) is 23.8 Å². The van der Waals surface area contributed by atoms with Gasteiger partial charge in [0.05, 0.1) is 12.3 Å². The summed E-state index contributed by atoms with van der Waals surface area (Å²) in [6, 6.07) is 5.82. The van der Waals surface area contributed by atoms with Gasteiger partial charge in [0.15, 0.2) is 6.23 Å². The van der Waals surface area contributed by atoms with Gasteiger partial charge in [-0.1, -0.05) is 26.2 Å². The molecule has 1 atom stereocenters. The minimum absolute atomic E-state index is 0.00501. The van der Waals surface area contributed by atoms with Crippen LogP contribution in [0.1, 0.15) is 70.8 Å². The van der Waals surface area contributed by atoms with Gasteiger partial charge < -0.3 is 19.3 Å². The Morgan fingerprint density at radius 1 is 1.24 bits per heavy atom. The number of rotatable bonds is 9. The topological polar surface area (TPSA) is 101 Å². The molecule has 1 N–H and O–H groups in total. The van der Waals surface area contributed by atoms with Gasteiger partial charge in [-0.3, -0.25) is 19.7 Å². The van der Waals surface area contributed by atoms with Crippen molar-refractivity contribution in [1.29, 1.82) is 0 Å². The largest absolute Gasteiger partial charge is 0.494 e. The van der Waals surface area contributed by atoms with E-state index in [1.807, 2.05) is 23.1 Å². The van der Waals surface area contributed by atoms with Crippen molar-refractivity contribution < 1.29 is 23.9 Å². The molecule has 0 aromatic heterocycles. The first-order chi connectivity index (χ1) is 16.4. The van der Waals surface area contributed by atoms with Crippen LogP contribution in [0.2, 0.25) is 0 Å². The van der Waals surface area contributed by atoms with Crippen LogP contribution < -0.4 is 10.1 Å². The van der Waals surface area contributed by atoms with Crippen molar-refractivity contribution >= 4 is 29.4 Å². The van der Waals surface area contributed by atoms with Crippen LogP contribution in [-0.2, 0) is 25.7 Å². The van der Waals surface area contributed by atoms with Crippen molar-refractivity contribution in [2.75, 3.05) is 13.2 Å². The number of hydrogen-bond donors (Lipinski definition) is 1. The molecule has 0 radical (unpaired) electrons. The minimum atomic E-state index is -0.554. The summed E-state index contributed by atoms with van der Waals surface area (Å²) in [5.41, 5.74) is 1.83. The molecule has 1 aromatic rings. The zero-order valence-electron chi connectivity index (χ0n) is 20.0. The Balaban J connectivity index is 1.30. The highest BCUT2D eigenvalue weighted by Gasteiger charge is 2.31. The standard InChI is InChI=1S/C25H34N4O5/c1-3-24(32)34-17(2)29(19-8-5-4-6-9-19)23(31)10-7-13-33-20-11-12-21-18(14-20)15-28-16-22(30)27-25(28)26-21/h11-12,14,17,19H,3-10,13,15-16H2,1-2H3,(H,26,27,30). The zero-order valence-corrected chi connectivity index (χ0v) is 20.0. The van der Waals surface area contributed by atoms with E-state index in [1.54, 1.807) is 18.7 Å². The Morgan fingerprint density at radius 3 is 2.79 bits per heavy atom. The number of aliphatic imine (C=N–C) groups is 1. The summed E-state index contributed by atoms with van der Waals surface area (Å²) in [6.07, 6.45) is 5.93. The van der Waals surface area contributed by atoms with Crippen molar-refractivity contribution in [3.63, 3.8) is 0 Å². The molecule has 1 aliphatic carbocycles. The number of ether oxygens (including phenoxy) is 2. The molecule has 9 heteroatoms. The number of nitrogens with one attached hydrogen (secondary N) is 1. The number of carbonyl (C=O) groups excluding carboxylic acids is 3. The van der Waals surface area contributed by atoms with Gasteiger partial charge in [0, 0.05) is 31.0 Å². The lowest BCUT2D eigenvalue weighted by molar-refractivity contribution is -0.167. The molecule has 0 spiro atoms. The highest BCUT2D eigenvalue weighted by atomic mass is 16.6. The molecule has 0 bridgehead atoms. The van der Waals surface area contributed by atoms with Crippen molar-refractivity contribution in [2.24, 2.45) is 4.99 Å². The molecule has 1 aromatic carbocycles. The molecule has 1 saturated carbocycles. The van der Waals surface area contributed by atoms with Crippen molar-refractivity contribution in [2.45, 2.75) is 84.0 Å². The summed E-state index contributed by atoms with van der Waals surface area (Å²) in [4.78, 5) is 44.7. The highest BCUT2D eigenvalue weighted by molar-refractivity contribution is 6.05. The van der Waals surface area contributed by atoms with E-state index >= 15 is 0 Å². The molecule has 2 amide bonds. The second-order valence-corrected chi connectivity index (χ2v) is 9.12. The predicted molar refractivity (Wildman–Crippen MR) is 126 cm³/mol. The van der Waals surface area contributed by atoms with Gasteiger partial charge in [-0.15, -0.1) is 0 Å². The maximum absolute atomic E-state index is 13.1. The first kappa shape index (κ1) is 24.0. The summed E-state index contributed by atoms with van der Waals surface area (Å²) in [7, 11) is 0. The monoisotopic (exact) mass is 470 g/mol. The van der Waals surface area contributed by atoms with E-state index in [0.29, 0.717) is 44.9 Å². The van der Waals surface area contributed by atoms with E-state index < -0.39 is 6.23 Å². The van der Waals surface area contributed by atoms with Crippen LogP contribution >= 0.6 is 0 Å². The third-order valence-electron chi connectivity index (χ3n) is 6.57. The van der Waals surface area contributed by atoms with Crippen LogP contribution in [0.4, 0.5) is 5.69 Å². The Morgan fingerprint density at radius 2 is 2.03 bits per heavy atom. The number of benzene rings is 1. The molecule has 2 fully saturated rings. The molecule has 34 heavy (non-hydrogen) atoms. The molecule has 9 nitrogen and oxygen atoms in total. The van der Waals surface area contributed by atoms with E-state index in [0.717, 1.165) is 42.7 Å². The lowest BCUT2D eigenvalue weighted by Crippen LogP contribution is -2.48. The van der Waals surface area contributed by atoms with Crippen molar-refractivity contribution in [3.8, 4) is 5.75 Å². The van der Waals surface area contributed by atoms with Crippen LogP contribution in [0, 0.1) is 0 Å². The zero-order chi connectivity index (χ0) is 24.1. The number of nitrogens with zero attached hydrogens (tertiary/aromatic N) is 3. The second-order valence-electron chi connectivity index (χ2n) is 9.12. The summed E-state index contributed by atoms with van der Waals surface area (Å²) in [5, 5.41) is 2.76. The maximum atomic E-state index is 13.1. The fraction of sp³-hybridized carbons (Fsp3) is 0.600. The van der Waals surface area contributed by atoms with Gasteiger partial charge in [0.1, 0.15) is 12.3 Å². The minimum Gasteiger partial charge on any atom is -0.494 e. The van der Waals surface area contributed by atoms with Gasteiger partial charge in [0.25, 0.3) is 0 Å². The summed E-state index contributed by atoms with van der Waals surface area (Å²) in [5.74, 6) is 0.991. The average Bonchev–Trinajstić information content (AvgIpc) is 3.19. The van der Waals surface area contributed by atoms with Gasteiger partial charge in [-0.2, -0.15) is 0 Å². The van der Waals surface area contributed by atoms with Gasteiger partial charge >= 0.3 is 5.97 Å². The molecule has 4 rings (SSSR count). The molecule has 1 unspecified atom stereocenters. The van der Waals surface area contributed by atoms with Gasteiger partial charge in [-0.05, 0) is 44.4 Å². The number of amides is 2. The molecule has 3 aliphatic rings. The molecular weight excluding hydrogens is 436 g/mol. The molecule has 2 aliphatic heterocycles. The fourth-order valence-electron chi connectivity index (χ4n) is 4.86. The normalized spacial score (nSPS) is 18.4. The quantitative estimate of drug-likeness (QED) is 0.338. The first-order valence-corrected chi connectivity index (χ1v) is 12.3. The van der Waals surface area contributed by atoms with Crippen LogP contribution in [-0.4, -0.2) is 59.0 Å². The van der Waals surface area contributed by atoms with Crippen molar-refractivity contribution in [1.82, 2.24) is 15.1 Å². The molecule has 2 heterocycles.